The van der Waals surface area contributed by atoms with Gasteiger partial charge in [-0.05, 0) is 31.4 Å². The van der Waals surface area contributed by atoms with E-state index in [-0.39, 0.29) is 0 Å². The van der Waals surface area contributed by atoms with Crippen LogP contribution in [0.25, 0.3) is 0 Å². The van der Waals surface area contributed by atoms with Crippen LogP contribution in [0.2, 0.25) is 0 Å². The van der Waals surface area contributed by atoms with Crippen molar-refractivity contribution >= 4 is 17.3 Å². The Morgan fingerprint density at radius 1 is 1.33 bits per heavy atom. The van der Waals surface area contributed by atoms with Crippen molar-refractivity contribution in [3.63, 3.8) is 0 Å². The predicted octanol–water partition coefficient (Wildman–Crippen LogP) is 2.80. The maximum atomic E-state index is 5.62. The second kappa shape index (κ2) is 5.69. The van der Waals surface area contributed by atoms with Crippen LogP contribution in [0.1, 0.15) is 31.4 Å². The highest BCUT2D eigenvalue weighted by molar-refractivity contribution is 5.73. The minimum atomic E-state index is 0.388. The molecule has 0 saturated carbocycles. The highest BCUT2D eigenvalue weighted by Gasteiger charge is 2.30. The molecule has 3 N–H and O–H groups in total. The Morgan fingerprint density at radius 3 is 2.90 bits per heavy atom. The van der Waals surface area contributed by atoms with E-state index < -0.39 is 0 Å². The van der Waals surface area contributed by atoms with Gasteiger partial charge in [0.1, 0.15) is 18.0 Å². The topological polar surface area (TPSA) is 67.1 Å². The van der Waals surface area contributed by atoms with E-state index in [0.29, 0.717) is 6.04 Å². The maximum Gasteiger partial charge on any atom is 0.148 e. The van der Waals surface area contributed by atoms with Crippen molar-refractivity contribution in [1.29, 1.82) is 0 Å². The molecule has 0 saturated heterocycles. The van der Waals surface area contributed by atoms with Gasteiger partial charge in [-0.25, -0.2) is 15.8 Å². The lowest BCUT2D eigenvalue weighted by atomic mass is 10.1. The molecule has 5 nitrogen and oxygen atoms in total. The molecule has 2 aromatic rings. The Hall–Kier alpha value is -2.14. The third-order valence-corrected chi connectivity index (χ3v) is 3.99. The largest absolute Gasteiger partial charge is 0.323 e. The molecule has 1 unspecified atom stereocenters. The van der Waals surface area contributed by atoms with Crippen molar-refractivity contribution in [3.05, 3.63) is 41.7 Å². The summed E-state index contributed by atoms with van der Waals surface area (Å²) in [6, 6.07) is 8.90. The molecule has 0 fully saturated rings. The van der Waals surface area contributed by atoms with E-state index in [2.05, 4.69) is 58.4 Å². The van der Waals surface area contributed by atoms with Crippen LogP contribution in [0.15, 0.2) is 30.6 Å². The Kier molecular flexibility index (Phi) is 3.75. The minimum absolute atomic E-state index is 0.388. The van der Waals surface area contributed by atoms with Crippen LogP contribution < -0.4 is 16.2 Å². The summed E-state index contributed by atoms with van der Waals surface area (Å²) in [5.41, 5.74) is 6.40. The molecule has 0 radical (unpaired) electrons. The molecule has 1 aromatic carbocycles. The molecule has 1 aliphatic rings. The van der Waals surface area contributed by atoms with Crippen molar-refractivity contribution in [3.8, 4) is 0 Å². The maximum absolute atomic E-state index is 5.62. The fourth-order valence-corrected chi connectivity index (χ4v) is 3.10. The third-order valence-electron chi connectivity index (χ3n) is 3.99. The fourth-order valence-electron chi connectivity index (χ4n) is 3.10. The summed E-state index contributed by atoms with van der Waals surface area (Å²) in [6.07, 6.45) is 4.55. The molecule has 2 heterocycles. The van der Waals surface area contributed by atoms with Gasteiger partial charge in [-0.2, -0.15) is 0 Å². The van der Waals surface area contributed by atoms with Crippen LogP contribution in [0.4, 0.5) is 17.3 Å². The fraction of sp³-hybridized carbons (Fsp3) is 0.375. The number of anilines is 3. The van der Waals surface area contributed by atoms with E-state index in [1.165, 1.54) is 11.3 Å². The highest BCUT2D eigenvalue weighted by Crippen LogP contribution is 2.39. The number of nitrogens with zero attached hydrogens (tertiary/aromatic N) is 3. The zero-order chi connectivity index (χ0) is 14.8. The number of nitrogen functional groups attached to an aromatic ring is 1. The molecule has 110 valence electrons. The van der Waals surface area contributed by atoms with E-state index in [1.54, 1.807) is 6.33 Å². The predicted molar refractivity (Wildman–Crippen MR) is 85.6 cm³/mol. The van der Waals surface area contributed by atoms with Crippen LogP contribution in [-0.4, -0.2) is 16.0 Å². The summed E-state index contributed by atoms with van der Waals surface area (Å²) in [4.78, 5) is 11.1. The molecule has 0 spiro atoms. The van der Waals surface area contributed by atoms with Crippen molar-refractivity contribution in [1.82, 2.24) is 9.97 Å². The molecule has 0 amide bonds. The number of nitrogens with one attached hydrogen (secondary N) is 1. The second-order valence-electron chi connectivity index (χ2n) is 5.47. The quantitative estimate of drug-likeness (QED) is 0.667. The molecule has 0 bridgehead atoms. The molecule has 1 atom stereocenters. The molecule has 1 aromatic heterocycles. The van der Waals surface area contributed by atoms with Crippen molar-refractivity contribution < 1.29 is 0 Å². The summed E-state index contributed by atoms with van der Waals surface area (Å²) < 4.78 is 0. The summed E-state index contributed by atoms with van der Waals surface area (Å²) in [5.74, 6) is 7.31. The van der Waals surface area contributed by atoms with Crippen LogP contribution in [0.5, 0.6) is 0 Å². The number of hydrogen-bond acceptors (Lipinski definition) is 5. The SMILES string of the molecule is CCCc1c(NN)ncnc1N1c2ccccc2CC1C. The Bertz CT molecular complexity index is 640. The van der Waals surface area contributed by atoms with Gasteiger partial charge in [-0.3, -0.25) is 0 Å². The summed E-state index contributed by atoms with van der Waals surface area (Å²) in [7, 11) is 0. The lowest BCUT2D eigenvalue weighted by Gasteiger charge is -2.26. The average Bonchev–Trinajstić information content (AvgIpc) is 2.83. The molecule has 1 aliphatic heterocycles. The number of hydrazine groups is 1. The molecular formula is C16H21N5. The molecule has 5 heteroatoms. The van der Waals surface area contributed by atoms with E-state index in [1.807, 2.05) is 0 Å². The number of rotatable bonds is 4. The number of nitrogens with two attached hydrogens (primary N) is 1. The second-order valence-corrected chi connectivity index (χ2v) is 5.47. The highest BCUT2D eigenvalue weighted by atomic mass is 15.3. The van der Waals surface area contributed by atoms with E-state index in [4.69, 9.17) is 5.84 Å². The first kappa shape index (κ1) is 13.8. The van der Waals surface area contributed by atoms with Gasteiger partial charge in [-0.15, -0.1) is 0 Å². The Balaban J connectivity index is 2.12. The normalized spacial score (nSPS) is 16.9. The number of para-hydroxylation sites is 1. The average molecular weight is 283 g/mol. The first-order valence-electron chi connectivity index (χ1n) is 7.43. The number of benzene rings is 1. The van der Waals surface area contributed by atoms with Crippen LogP contribution in [0.3, 0.4) is 0 Å². The van der Waals surface area contributed by atoms with Crippen LogP contribution >= 0.6 is 0 Å². The Morgan fingerprint density at radius 2 is 2.14 bits per heavy atom. The Labute approximate surface area is 125 Å². The van der Waals surface area contributed by atoms with E-state index >= 15 is 0 Å². The van der Waals surface area contributed by atoms with Gasteiger partial charge in [0.05, 0.1) is 0 Å². The van der Waals surface area contributed by atoms with E-state index in [9.17, 15) is 0 Å². The van der Waals surface area contributed by atoms with Crippen LogP contribution in [-0.2, 0) is 12.8 Å². The summed E-state index contributed by atoms with van der Waals surface area (Å²) in [5, 5.41) is 0. The number of fused-ring (bicyclic) bond motifs is 1. The standard InChI is InChI=1S/C16H21N5/c1-3-6-13-15(20-17)18-10-19-16(13)21-11(2)9-12-7-4-5-8-14(12)21/h4-5,7-8,10-11H,3,6,9,17H2,1-2H3,(H,18,19,20). The molecular weight excluding hydrogens is 262 g/mol. The van der Waals surface area contributed by atoms with Gasteiger partial charge in [0.15, 0.2) is 0 Å². The van der Waals surface area contributed by atoms with Gasteiger partial charge in [0.25, 0.3) is 0 Å². The number of aromatic nitrogens is 2. The molecule has 3 rings (SSSR count). The lowest BCUT2D eigenvalue weighted by Crippen LogP contribution is -2.27. The molecule has 21 heavy (non-hydrogen) atoms. The van der Waals surface area contributed by atoms with E-state index in [0.717, 1.165) is 36.5 Å². The summed E-state index contributed by atoms with van der Waals surface area (Å²) >= 11 is 0. The van der Waals surface area contributed by atoms with Gasteiger partial charge in [-0.1, -0.05) is 31.5 Å². The van der Waals surface area contributed by atoms with Gasteiger partial charge in [0.2, 0.25) is 0 Å². The third kappa shape index (κ3) is 2.34. The van der Waals surface area contributed by atoms with Crippen LogP contribution in [0, 0.1) is 0 Å². The zero-order valence-electron chi connectivity index (χ0n) is 12.5. The first-order valence-corrected chi connectivity index (χ1v) is 7.43. The van der Waals surface area contributed by atoms with Gasteiger partial charge >= 0.3 is 0 Å². The van der Waals surface area contributed by atoms with Gasteiger partial charge in [0, 0.05) is 17.3 Å². The monoisotopic (exact) mass is 283 g/mol. The first-order chi connectivity index (χ1) is 10.3. The number of hydrogen-bond donors (Lipinski definition) is 2. The lowest BCUT2D eigenvalue weighted by molar-refractivity contribution is 0.741. The van der Waals surface area contributed by atoms with Crippen molar-refractivity contribution in [2.24, 2.45) is 5.84 Å². The van der Waals surface area contributed by atoms with Crippen molar-refractivity contribution in [2.75, 3.05) is 10.3 Å². The zero-order valence-corrected chi connectivity index (χ0v) is 12.5. The summed E-state index contributed by atoms with van der Waals surface area (Å²) in [6.45, 7) is 4.38. The van der Waals surface area contributed by atoms with Crippen molar-refractivity contribution in [2.45, 2.75) is 39.2 Å². The molecule has 0 aliphatic carbocycles. The van der Waals surface area contributed by atoms with Gasteiger partial charge < -0.3 is 10.3 Å². The minimum Gasteiger partial charge on any atom is -0.323 e. The smallest absolute Gasteiger partial charge is 0.148 e.